The van der Waals surface area contributed by atoms with Gasteiger partial charge in [-0.1, -0.05) is 18.2 Å². The van der Waals surface area contributed by atoms with Crippen LogP contribution in [0.1, 0.15) is 15.9 Å². The van der Waals surface area contributed by atoms with Gasteiger partial charge in [-0.15, -0.1) is 11.3 Å². The Labute approximate surface area is 141 Å². The molecule has 1 heterocycles. The monoisotopic (exact) mass is 339 g/mol. The number of non-ortho nitro benzene ring substituents is 1. The van der Waals surface area contributed by atoms with Crippen LogP contribution in [0.2, 0.25) is 0 Å². The number of amides is 1. The first-order chi connectivity index (χ1) is 11.5. The number of aromatic nitrogens is 1. The zero-order valence-electron chi connectivity index (χ0n) is 12.7. The Balaban J connectivity index is 1.77. The van der Waals surface area contributed by atoms with E-state index in [1.807, 2.05) is 25.1 Å². The molecule has 120 valence electrons. The molecule has 0 atom stereocenters. The van der Waals surface area contributed by atoms with Crippen molar-refractivity contribution in [1.29, 1.82) is 0 Å². The highest BCUT2D eigenvalue weighted by Crippen LogP contribution is 2.26. The average Bonchev–Trinajstić information content (AvgIpc) is 3.03. The highest BCUT2D eigenvalue weighted by Gasteiger charge is 2.12. The van der Waals surface area contributed by atoms with E-state index < -0.39 is 4.92 Å². The van der Waals surface area contributed by atoms with E-state index in [1.165, 1.54) is 23.5 Å². The molecule has 1 aromatic heterocycles. The van der Waals surface area contributed by atoms with Gasteiger partial charge in [-0.3, -0.25) is 20.2 Å². The summed E-state index contributed by atoms with van der Waals surface area (Å²) in [4.78, 5) is 26.9. The molecule has 0 radical (unpaired) electrons. The third-order valence-corrected chi connectivity index (χ3v) is 4.25. The van der Waals surface area contributed by atoms with Gasteiger partial charge < -0.3 is 0 Å². The van der Waals surface area contributed by atoms with E-state index in [0.717, 1.165) is 11.1 Å². The normalized spacial score (nSPS) is 10.4. The quantitative estimate of drug-likeness (QED) is 0.568. The lowest BCUT2D eigenvalue weighted by atomic mass is 10.1. The van der Waals surface area contributed by atoms with Crippen LogP contribution in [0.25, 0.3) is 11.3 Å². The van der Waals surface area contributed by atoms with Gasteiger partial charge in [-0.25, -0.2) is 4.98 Å². The number of thiazole rings is 1. The fraction of sp³-hybridized carbons (Fsp3) is 0.0588. The molecule has 24 heavy (non-hydrogen) atoms. The molecule has 0 saturated carbocycles. The standard InChI is InChI=1S/C17H13N3O3S/c1-11-4-2-3-5-14(11)16(21)19-17-18-15(10-24-17)12-6-8-13(9-7-12)20(22)23/h2-10H,1H3,(H,18,19,21). The summed E-state index contributed by atoms with van der Waals surface area (Å²) in [6.07, 6.45) is 0. The van der Waals surface area contributed by atoms with Crippen LogP contribution in [-0.2, 0) is 0 Å². The second-order valence-corrected chi connectivity index (χ2v) is 5.97. The predicted octanol–water partition coefficient (Wildman–Crippen LogP) is 4.28. The topological polar surface area (TPSA) is 85.1 Å². The highest BCUT2D eigenvalue weighted by molar-refractivity contribution is 7.14. The molecule has 3 aromatic rings. The summed E-state index contributed by atoms with van der Waals surface area (Å²) in [6.45, 7) is 1.87. The molecule has 2 aromatic carbocycles. The lowest BCUT2D eigenvalue weighted by Crippen LogP contribution is -2.12. The van der Waals surface area contributed by atoms with Gasteiger partial charge in [0.15, 0.2) is 5.13 Å². The Hall–Kier alpha value is -3.06. The van der Waals surface area contributed by atoms with E-state index in [0.29, 0.717) is 16.4 Å². The third kappa shape index (κ3) is 3.31. The van der Waals surface area contributed by atoms with Crippen molar-refractivity contribution in [1.82, 2.24) is 4.98 Å². The van der Waals surface area contributed by atoms with Gasteiger partial charge in [-0.05, 0) is 30.7 Å². The SMILES string of the molecule is Cc1ccccc1C(=O)Nc1nc(-c2ccc([N+](=O)[O-])cc2)cs1. The molecule has 0 unspecified atom stereocenters. The largest absolute Gasteiger partial charge is 0.298 e. The Morgan fingerprint density at radius 2 is 1.88 bits per heavy atom. The molecule has 7 heteroatoms. The van der Waals surface area contributed by atoms with Crippen molar-refractivity contribution < 1.29 is 9.72 Å². The summed E-state index contributed by atoms with van der Waals surface area (Å²) in [7, 11) is 0. The minimum absolute atomic E-state index is 0.0297. The van der Waals surface area contributed by atoms with Crippen molar-refractivity contribution in [2.45, 2.75) is 6.92 Å². The highest BCUT2D eigenvalue weighted by atomic mass is 32.1. The van der Waals surface area contributed by atoms with Gasteiger partial charge in [-0.2, -0.15) is 0 Å². The van der Waals surface area contributed by atoms with Crippen LogP contribution in [-0.4, -0.2) is 15.8 Å². The van der Waals surface area contributed by atoms with Crippen LogP contribution >= 0.6 is 11.3 Å². The fourth-order valence-electron chi connectivity index (χ4n) is 2.21. The van der Waals surface area contributed by atoms with Gasteiger partial charge in [0.2, 0.25) is 0 Å². The number of nitro benzene ring substituents is 1. The second kappa shape index (κ2) is 6.59. The Morgan fingerprint density at radius 1 is 1.17 bits per heavy atom. The van der Waals surface area contributed by atoms with Crippen LogP contribution in [0.5, 0.6) is 0 Å². The van der Waals surface area contributed by atoms with Crippen LogP contribution in [0.3, 0.4) is 0 Å². The summed E-state index contributed by atoms with van der Waals surface area (Å²) >= 11 is 1.31. The number of nitrogens with one attached hydrogen (secondary N) is 1. The van der Waals surface area contributed by atoms with Crippen LogP contribution in [0.4, 0.5) is 10.8 Å². The summed E-state index contributed by atoms with van der Waals surface area (Å²) in [5, 5.41) is 15.7. The third-order valence-electron chi connectivity index (χ3n) is 3.49. The van der Waals surface area contributed by atoms with E-state index >= 15 is 0 Å². The molecule has 0 saturated heterocycles. The molecule has 0 spiro atoms. The van der Waals surface area contributed by atoms with E-state index in [1.54, 1.807) is 23.6 Å². The predicted molar refractivity (Wildman–Crippen MR) is 93.3 cm³/mol. The van der Waals surface area contributed by atoms with Gasteiger partial charge in [0, 0.05) is 28.6 Å². The molecule has 0 aliphatic heterocycles. The first kappa shape index (κ1) is 15.8. The molecule has 1 amide bonds. The average molecular weight is 339 g/mol. The zero-order chi connectivity index (χ0) is 17.1. The number of nitro groups is 1. The minimum atomic E-state index is -0.446. The number of benzene rings is 2. The zero-order valence-corrected chi connectivity index (χ0v) is 13.5. The molecule has 0 bridgehead atoms. The van der Waals surface area contributed by atoms with Crippen molar-refractivity contribution in [2.24, 2.45) is 0 Å². The minimum Gasteiger partial charge on any atom is -0.298 e. The summed E-state index contributed by atoms with van der Waals surface area (Å²) in [5.74, 6) is -0.210. The van der Waals surface area contributed by atoms with E-state index in [2.05, 4.69) is 10.3 Å². The maximum atomic E-state index is 12.3. The molecule has 3 rings (SSSR count). The van der Waals surface area contributed by atoms with Crippen LogP contribution < -0.4 is 5.32 Å². The summed E-state index contributed by atoms with van der Waals surface area (Å²) in [6, 6.07) is 13.5. The molecular formula is C17H13N3O3S. The van der Waals surface area contributed by atoms with E-state index in [9.17, 15) is 14.9 Å². The van der Waals surface area contributed by atoms with Crippen LogP contribution in [0, 0.1) is 17.0 Å². The number of anilines is 1. The lowest BCUT2D eigenvalue weighted by molar-refractivity contribution is -0.384. The molecule has 1 N–H and O–H groups in total. The van der Waals surface area contributed by atoms with Crippen molar-refractivity contribution >= 4 is 28.1 Å². The summed E-state index contributed by atoms with van der Waals surface area (Å²) < 4.78 is 0. The van der Waals surface area contributed by atoms with Gasteiger partial charge in [0.25, 0.3) is 11.6 Å². The van der Waals surface area contributed by atoms with Crippen molar-refractivity contribution in [3.8, 4) is 11.3 Å². The number of carbonyl (C=O) groups excluding carboxylic acids is 1. The van der Waals surface area contributed by atoms with E-state index in [-0.39, 0.29) is 11.6 Å². The Morgan fingerprint density at radius 3 is 2.54 bits per heavy atom. The van der Waals surface area contributed by atoms with Crippen molar-refractivity contribution in [3.63, 3.8) is 0 Å². The Kier molecular flexibility index (Phi) is 4.35. The smallest absolute Gasteiger partial charge is 0.269 e. The number of hydrogen-bond donors (Lipinski definition) is 1. The fourth-order valence-corrected chi connectivity index (χ4v) is 2.92. The maximum absolute atomic E-state index is 12.3. The first-order valence-electron chi connectivity index (χ1n) is 7.12. The lowest BCUT2D eigenvalue weighted by Gasteiger charge is -2.04. The van der Waals surface area contributed by atoms with Gasteiger partial charge in [0.05, 0.1) is 10.6 Å². The van der Waals surface area contributed by atoms with Gasteiger partial charge >= 0.3 is 0 Å². The molecule has 6 nitrogen and oxygen atoms in total. The Bertz CT molecular complexity index is 903. The van der Waals surface area contributed by atoms with E-state index in [4.69, 9.17) is 0 Å². The first-order valence-corrected chi connectivity index (χ1v) is 8.00. The number of hydrogen-bond acceptors (Lipinski definition) is 5. The molecule has 0 fully saturated rings. The number of carbonyl (C=O) groups is 1. The maximum Gasteiger partial charge on any atom is 0.269 e. The van der Waals surface area contributed by atoms with Crippen LogP contribution in [0.15, 0.2) is 53.9 Å². The molecule has 0 aliphatic rings. The number of aryl methyl sites for hydroxylation is 1. The number of rotatable bonds is 4. The van der Waals surface area contributed by atoms with Crippen molar-refractivity contribution in [3.05, 3.63) is 75.2 Å². The molecule has 0 aliphatic carbocycles. The van der Waals surface area contributed by atoms with Gasteiger partial charge in [0.1, 0.15) is 0 Å². The van der Waals surface area contributed by atoms with Crippen molar-refractivity contribution in [2.75, 3.05) is 5.32 Å². The second-order valence-electron chi connectivity index (χ2n) is 5.11. The number of nitrogens with zero attached hydrogens (tertiary/aromatic N) is 2. The molecular weight excluding hydrogens is 326 g/mol. The summed E-state index contributed by atoms with van der Waals surface area (Å²) in [5.41, 5.74) is 2.94.